The Kier molecular flexibility index (Phi) is 4.44. The first-order valence-electron chi connectivity index (χ1n) is 6.28. The lowest BCUT2D eigenvalue weighted by Crippen LogP contribution is -2.24. The van der Waals surface area contributed by atoms with Gasteiger partial charge in [0.25, 0.3) is 5.69 Å². The molecule has 0 saturated carbocycles. The number of hydrogen-bond acceptors (Lipinski definition) is 5. The summed E-state index contributed by atoms with van der Waals surface area (Å²) in [6.45, 7) is 1.73. The molecule has 1 heterocycles. The van der Waals surface area contributed by atoms with Gasteiger partial charge < -0.3 is 10.4 Å². The average Bonchev–Trinajstić information content (AvgIpc) is 2.47. The Bertz CT molecular complexity index is 616. The number of benzene rings is 1. The third-order valence-corrected chi connectivity index (χ3v) is 3.02. The van der Waals surface area contributed by atoms with E-state index >= 15 is 0 Å². The summed E-state index contributed by atoms with van der Waals surface area (Å²) in [7, 11) is 0. The van der Waals surface area contributed by atoms with Crippen LogP contribution in [0.3, 0.4) is 0 Å². The number of aliphatic hydroxyl groups is 1. The van der Waals surface area contributed by atoms with Gasteiger partial charge in [0.1, 0.15) is 17.8 Å². The molecule has 2 aromatic rings. The summed E-state index contributed by atoms with van der Waals surface area (Å²) in [5.41, 5.74) is 0.464. The van der Waals surface area contributed by atoms with E-state index in [-0.39, 0.29) is 11.5 Å². The molecule has 0 aliphatic heterocycles. The van der Waals surface area contributed by atoms with E-state index in [1.54, 1.807) is 6.92 Å². The summed E-state index contributed by atoms with van der Waals surface area (Å²) in [4.78, 5) is 13.9. The number of halogens is 1. The fourth-order valence-electron chi connectivity index (χ4n) is 1.84. The van der Waals surface area contributed by atoms with Crippen molar-refractivity contribution in [1.82, 2.24) is 4.98 Å². The van der Waals surface area contributed by atoms with E-state index in [2.05, 4.69) is 10.3 Å². The number of nitro groups is 1. The second kappa shape index (κ2) is 6.27. The molecule has 2 atom stereocenters. The number of nitrogens with zero attached hydrogens (tertiary/aromatic N) is 2. The molecular formula is C14H14FN3O3. The molecule has 0 unspecified atom stereocenters. The lowest BCUT2D eigenvalue weighted by molar-refractivity contribution is -0.385. The van der Waals surface area contributed by atoms with Gasteiger partial charge in [-0.1, -0.05) is 12.1 Å². The van der Waals surface area contributed by atoms with Crippen molar-refractivity contribution >= 4 is 11.5 Å². The van der Waals surface area contributed by atoms with E-state index in [1.807, 2.05) is 0 Å². The minimum absolute atomic E-state index is 0.104. The monoisotopic (exact) mass is 291 g/mol. The minimum atomic E-state index is -0.859. The van der Waals surface area contributed by atoms with Gasteiger partial charge >= 0.3 is 0 Å². The first kappa shape index (κ1) is 14.9. The van der Waals surface area contributed by atoms with Crippen LogP contribution in [0.4, 0.5) is 15.9 Å². The summed E-state index contributed by atoms with van der Waals surface area (Å²) in [6, 6.07) is 7.94. The Morgan fingerprint density at radius 1 is 1.29 bits per heavy atom. The van der Waals surface area contributed by atoms with Gasteiger partial charge in [0.2, 0.25) is 0 Å². The third-order valence-electron chi connectivity index (χ3n) is 3.02. The van der Waals surface area contributed by atoms with Crippen LogP contribution >= 0.6 is 0 Å². The van der Waals surface area contributed by atoms with Gasteiger partial charge in [0.15, 0.2) is 0 Å². The number of hydrogen-bond donors (Lipinski definition) is 2. The van der Waals surface area contributed by atoms with Crippen molar-refractivity contribution in [2.24, 2.45) is 0 Å². The summed E-state index contributed by atoms with van der Waals surface area (Å²) in [5.74, 6) is 0.0397. The van der Waals surface area contributed by atoms with Crippen molar-refractivity contribution in [2.75, 3.05) is 5.32 Å². The molecule has 2 N–H and O–H groups in total. The predicted molar refractivity (Wildman–Crippen MR) is 75.3 cm³/mol. The highest BCUT2D eigenvalue weighted by Gasteiger charge is 2.17. The molecule has 0 fully saturated rings. The van der Waals surface area contributed by atoms with Crippen LogP contribution < -0.4 is 5.32 Å². The molecule has 0 bridgehead atoms. The van der Waals surface area contributed by atoms with Crippen LogP contribution in [-0.4, -0.2) is 21.1 Å². The highest BCUT2D eigenvalue weighted by atomic mass is 19.1. The Hall–Kier alpha value is -2.54. The SMILES string of the molecule is C[C@@H](Nc1ccc([N+](=O)[O-])cn1)[C@@H](O)c1ccc(F)cc1. The van der Waals surface area contributed by atoms with E-state index in [0.717, 1.165) is 6.20 Å². The molecule has 0 amide bonds. The van der Waals surface area contributed by atoms with Crippen LogP contribution in [-0.2, 0) is 0 Å². The Balaban J connectivity index is 2.04. The van der Waals surface area contributed by atoms with Gasteiger partial charge in [-0.15, -0.1) is 0 Å². The fourth-order valence-corrected chi connectivity index (χ4v) is 1.84. The van der Waals surface area contributed by atoms with Crippen molar-refractivity contribution in [3.63, 3.8) is 0 Å². The number of aromatic nitrogens is 1. The quantitative estimate of drug-likeness (QED) is 0.653. The van der Waals surface area contributed by atoms with E-state index in [9.17, 15) is 19.6 Å². The molecule has 2 rings (SSSR count). The first-order chi connectivity index (χ1) is 9.97. The standard InChI is InChI=1S/C14H14FN3O3/c1-9(14(19)10-2-4-11(15)5-3-10)17-13-7-6-12(8-16-13)18(20)21/h2-9,14,19H,1H3,(H,16,17)/t9-,14-/m1/s1. The van der Waals surface area contributed by atoms with Crippen LogP contribution in [0.1, 0.15) is 18.6 Å². The second-order valence-electron chi connectivity index (χ2n) is 4.59. The highest BCUT2D eigenvalue weighted by Crippen LogP contribution is 2.20. The molecular weight excluding hydrogens is 277 g/mol. The van der Waals surface area contributed by atoms with Crippen LogP contribution in [0.5, 0.6) is 0 Å². The second-order valence-corrected chi connectivity index (χ2v) is 4.59. The van der Waals surface area contributed by atoms with E-state index in [4.69, 9.17) is 0 Å². The fraction of sp³-hybridized carbons (Fsp3) is 0.214. The normalized spacial score (nSPS) is 13.5. The zero-order valence-corrected chi connectivity index (χ0v) is 11.2. The summed E-state index contributed by atoms with van der Waals surface area (Å²) in [6.07, 6.45) is 0.280. The number of pyridine rings is 1. The van der Waals surface area contributed by atoms with Crippen molar-refractivity contribution in [2.45, 2.75) is 19.1 Å². The van der Waals surface area contributed by atoms with Crippen molar-refractivity contribution < 1.29 is 14.4 Å². The molecule has 0 radical (unpaired) electrons. The minimum Gasteiger partial charge on any atom is -0.386 e. The Morgan fingerprint density at radius 3 is 2.48 bits per heavy atom. The smallest absolute Gasteiger partial charge is 0.287 e. The molecule has 1 aromatic heterocycles. The Labute approximate surface area is 120 Å². The van der Waals surface area contributed by atoms with Gasteiger partial charge in [-0.25, -0.2) is 9.37 Å². The van der Waals surface area contributed by atoms with Crippen LogP contribution in [0.25, 0.3) is 0 Å². The summed E-state index contributed by atoms with van der Waals surface area (Å²) < 4.78 is 12.8. The van der Waals surface area contributed by atoms with Gasteiger partial charge in [0.05, 0.1) is 17.1 Å². The molecule has 0 aliphatic carbocycles. The first-order valence-corrected chi connectivity index (χ1v) is 6.28. The number of nitrogens with one attached hydrogen (secondary N) is 1. The number of rotatable bonds is 5. The average molecular weight is 291 g/mol. The maximum absolute atomic E-state index is 12.8. The maximum Gasteiger partial charge on any atom is 0.287 e. The number of anilines is 1. The highest BCUT2D eigenvalue weighted by molar-refractivity contribution is 5.41. The maximum atomic E-state index is 12.8. The van der Waals surface area contributed by atoms with E-state index in [0.29, 0.717) is 11.4 Å². The molecule has 0 saturated heterocycles. The topological polar surface area (TPSA) is 88.3 Å². The third kappa shape index (κ3) is 3.73. The van der Waals surface area contributed by atoms with E-state index < -0.39 is 17.1 Å². The molecule has 0 aliphatic rings. The summed E-state index contributed by atoms with van der Waals surface area (Å²) in [5, 5.41) is 23.6. The van der Waals surface area contributed by atoms with Gasteiger partial charge in [-0.3, -0.25) is 10.1 Å². The van der Waals surface area contributed by atoms with Crippen LogP contribution in [0.15, 0.2) is 42.6 Å². The zero-order valence-electron chi connectivity index (χ0n) is 11.2. The van der Waals surface area contributed by atoms with Crippen molar-refractivity contribution in [3.8, 4) is 0 Å². The van der Waals surface area contributed by atoms with Crippen molar-refractivity contribution in [1.29, 1.82) is 0 Å². The molecule has 1 aromatic carbocycles. The number of aliphatic hydroxyl groups excluding tert-OH is 1. The molecule has 0 spiro atoms. The van der Waals surface area contributed by atoms with E-state index in [1.165, 1.54) is 36.4 Å². The van der Waals surface area contributed by atoms with Crippen LogP contribution in [0, 0.1) is 15.9 Å². The molecule has 21 heavy (non-hydrogen) atoms. The molecule has 6 nitrogen and oxygen atoms in total. The van der Waals surface area contributed by atoms with Crippen molar-refractivity contribution in [3.05, 3.63) is 64.1 Å². The molecule has 110 valence electrons. The zero-order chi connectivity index (χ0) is 15.4. The molecule has 7 heteroatoms. The van der Waals surface area contributed by atoms with Gasteiger partial charge in [-0.05, 0) is 30.7 Å². The largest absolute Gasteiger partial charge is 0.386 e. The van der Waals surface area contributed by atoms with Crippen LogP contribution in [0.2, 0.25) is 0 Å². The predicted octanol–water partition coefficient (Wildman–Crippen LogP) is 2.66. The van der Waals surface area contributed by atoms with Gasteiger partial charge in [0, 0.05) is 6.07 Å². The lowest BCUT2D eigenvalue weighted by atomic mass is 10.0. The van der Waals surface area contributed by atoms with Gasteiger partial charge in [-0.2, -0.15) is 0 Å². The lowest BCUT2D eigenvalue weighted by Gasteiger charge is -2.21. The Morgan fingerprint density at radius 2 is 1.95 bits per heavy atom. The summed E-state index contributed by atoms with van der Waals surface area (Å²) >= 11 is 0.